The number of hydrogen-bond acceptors (Lipinski definition) is 0. The summed E-state index contributed by atoms with van der Waals surface area (Å²) in [6.07, 6.45) is 1.11. The van der Waals surface area contributed by atoms with E-state index in [9.17, 15) is 0 Å². The molecule has 0 aliphatic rings. The largest absolute Gasteiger partial charge is 0.358 e. The first-order valence-electron chi connectivity index (χ1n) is 5.81. The normalized spacial score (nSPS) is 10.6. The maximum atomic E-state index is 3.98. The van der Waals surface area contributed by atoms with Gasteiger partial charge >= 0.3 is 0 Å². The number of rotatable bonds is 4. The lowest BCUT2D eigenvalue weighted by Gasteiger charge is -2.16. The molecule has 0 heterocycles. The SMILES string of the molecule is [NH3+]CCC(c1ccccc1)c1ccccc1. The van der Waals surface area contributed by atoms with Gasteiger partial charge in [-0.1, -0.05) is 60.7 Å². The van der Waals surface area contributed by atoms with Crippen molar-refractivity contribution in [1.82, 2.24) is 0 Å². The summed E-state index contributed by atoms with van der Waals surface area (Å²) in [6, 6.07) is 21.4. The number of benzene rings is 2. The quantitative estimate of drug-likeness (QED) is 0.806. The summed E-state index contributed by atoms with van der Waals surface area (Å²) in [5.41, 5.74) is 6.75. The van der Waals surface area contributed by atoms with Crippen LogP contribution in [0.1, 0.15) is 23.5 Å². The van der Waals surface area contributed by atoms with Gasteiger partial charge in [0.1, 0.15) is 0 Å². The molecule has 0 aliphatic carbocycles. The Kier molecular flexibility index (Phi) is 3.73. The van der Waals surface area contributed by atoms with Gasteiger partial charge in [0.25, 0.3) is 0 Å². The van der Waals surface area contributed by atoms with Crippen LogP contribution in [0.25, 0.3) is 0 Å². The minimum absolute atomic E-state index is 0.486. The standard InChI is InChI=1S/C15H17N/c16-12-11-15(13-7-3-1-4-8-13)14-9-5-2-6-10-14/h1-10,15H,11-12,16H2/p+1. The van der Waals surface area contributed by atoms with E-state index in [1.807, 2.05) is 0 Å². The van der Waals surface area contributed by atoms with Gasteiger partial charge in [-0.3, -0.25) is 0 Å². The van der Waals surface area contributed by atoms with E-state index in [2.05, 4.69) is 66.4 Å². The lowest BCUT2D eigenvalue weighted by atomic mass is 9.89. The molecule has 82 valence electrons. The van der Waals surface area contributed by atoms with Gasteiger partial charge in [0, 0.05) is 12.3 Å². The topological polar surface area (TPSA) is 27.6 Å². The summed E-state index contributed by atoms with van der Waals surface area (Å²) in [6.45, 7) is 0.967. The first-order chi connectivity index (χ1) is 7.92. The lowest BCUT2D eigenvalue weighted by Crippen LogP contribution is -2.50. The van der Waals surface area contributed by atoms with E-state index in [1.54, 1.807) is 0 Å². The molecule has 0 aromatic heterocycles. The van der Waals surface area contributed by atoms with E-state index in [1.165, 1.54) is 11.1 Å². The van der Waals surface area contributed by atoms with Crippen LogP contribution in [-0.2, 0) is 0 Å². The van der Waals surface area contributed by atoms with Gasteiger partial charge < -0.3 is 5.73 Å². The molecule has 0 spiro atoms. The van der Waals surface area contributed by atoms with E-state index in [-0.39, 0.29) is 0 Å². The molecular formula is C15H18N+. The average molecular weight is 212 g/mol. The predicted molar refractivity (Wildman–Crippen MR) is 67.1 cm³/mol. The highest BCUT2D eigenvalue weighted by Crippen LogP contribution is 2.26. The zero-order chi connectivity index (χ0) is 11.2. The molecule has 0 amide bonds. The molecule has 0 bridgehead atoms. The zero-order valence-corrected chi connectivity index (χ0v) is 9.47. The maximum Gasteiger partial charge on any atom is 0.0749 e. The molecule has 3 N–H and O–H groups in total. The molecule has 0 unspecified atom stereocenters. The van der Waals surface area contributed by atoms with Crippen LogP contribution in [0.15, 0.2) is 60.7 Å². The van der Waals surface area contributed by atoms with E-state index in [0.29, 0.717) is 5.92 Å². The van der Waals surface area contributed by atoms with Crippen molar-refractivity contribution in [2.75, 3.05) is 6.54 Å². The smallest absolute Gasteiger partial charge is 0.0749 e. The second-order valence-corrected chi connectivity index (χ2v) is 4.02. The van der Waals surface area contributed by atoms with Crippen LogP contribution in [0, 0.1) is 0 Å². The second kappa shape index (κ2) is 5.47. The summed E-state index contributed by atoms with van der Waals surface area (Å²) in [5.74, 6) is 0.486. The van der Waals surface area contributed by atoms with Gasteiger partial charge in [0.15, 0.2) is 0 Å². The molecule has 1 nitrogen and oxygen atoms in total. The minimum Gasteiger partial charge on any atom is -0.358 e. The molecule has 2 aromatic rings. The van der Waals surface area contributed by atoms with E-state index < -0.39 is 0 Å². The summed E-state index contributed by atoms with van der Waals surface area (Å²) < 4.78 is 0. The average Bonchev–Trinajstić information content (AvgIpc) is 2.38. The molecule has 1 heteroatoms. The summed E-state index contributed by atoms with van der Waals surface area (Å²) in [4.78, 5) is 0. The van der Waals surface area contributed by atoms with Crippen molar-refractivity contribution in [2.24, 2.45) is 0 Å². The molecule has 16 heavy (non-hydrogen) atoms. The Labute approximate surface area is 96.9 Å². The first kappa shape index (κ1) is 10.9. The van der Waals surface area contributed by atoms with Crippen molar-refractivity contribution in [3.63, 3.8) is 0 Å². The molecule has 2 aromatic carbocycles. The van der Waals surface area contributed by atoms with Crippen molar-refractivity contribution in [2.45, 2.75) is 12.3 Å². The number of quaternary nitrogens is 1. The second-order valence-electron chi connectivity index (χ2n) is 4.02. The molecule has 0 aliphatic heterocycles. The summed E-state index contributed by atoms with van der Waals surface area (Å²) in [7, 11) is 0. The maximum absolute atomic E-state index is 3.98. The summed E-state index contributed by atoms with van der Waals surface area (Å²) in [5, 5.41) is 0. The van der Waals surface area contributed by atoms with Gasteiger partial charge in [-0.15, -0.1) is 0 Å². The molecule has 2 rings (SSSR count). The Morgan fingerprint density at radius 3 is 1.56 bits per heavy atom. The van der Waals surface area contributed by atoms with Gasteiger partial charge in [-0.2, -0.15) is 0 Å². The van der Waals surface area contributed by atoms with Gasteiger partial charge in [0.05, 0.1) is 6.54 Å². The van der Waals surface area contributed by atoms with Crippen LogP contribution in [0.5, 0.6) is 0 Å². The Bertz CT molecular complexity index is 368. The van der Waals surface area contributed by atoms with Crippen LogP contribution in [0.2, 0.25) is 0 Å². The van der Waals surface area contributed by atoms with Gasteiger partial charge in [-0.05, 0) is 11.1 Å². The first-order valence-corrected chi connectivity index (χ1v) is 5.81. The van der Waals surface area contributed by atoms with Crippen molar-refractivity contribution in [1.29, 1.82) is 0 Å². The zero-order valence-electron chi connectivity index (χ0n) is 9.47. The summed E-state index contributed by atoms with van der Waals surface area (Å²) >= 11 is 0. The highest BCUT2D eigenvalue weighted by atomic mass is 14.5. The van der Waals surface area contributed by atoms with Crippen LogP contribution in [0.4, 0.5) is 0 Å². The number of hydrogen-bond donors (Lipinski definition) is 1. The fraction of sp³-hybridized carbons (Fsp3) is 0.200. The monoisotopic (exact) mass is 212 g/mol. The van der Waals surface area contributed by atoms with Gasteiger partial charge in [-0.25, -0.2) is 0 Å². The van der Waals surface area contributed by atoms with Crippen LogP contribution in [-0.4, -0.2) is 6.54 Å². The Hall–Kier alpha value is -1.60. The third-order valence-corrected chi connectivity index (χ3v) is 2.90. The Morgan fingerprint density at radius 2 is 1.19 bits per heavy atom. The van der Waals surface area contributed by atoms with Crippen molar-refractivity contribution < 1.29 is 5.73 Å². The van der Waals surface area contributed by atoms with Crippen molar-refractivity contribution in [3.8, 4) is 0 Å². The van der Waals surface area contributed by atoms with E-state index in [4.69, 9.17) is 0 Å². The third kappa shape index (κ3) is 2.50. The van der Waals surface area contributed by atoms with Crippen molar-refractivity contribution >= 4 is 0 Å². The lowest BCUT2D eigenvalue weighted by molar-refractivity contribution is -0.368. The van der Waals surface area contributed by atoms with E-state index in [0.717, 1.165) is 13.0 Å². The fourth-order valence-electron chi connectivity index (χ4n) is 2.10. The molecular weight excluding hydrogens is 194 g/mol. The molecule has 0 saturated carbocycles. The predicted octanol–water partition coefficient (Wildman–Crippen LogP) is 2.45. The van der Waals surface area contributed by atoms with Gasteiger partial charge in [0.2, 0.25) is 0 Å². The highest BCUT2D eigenvalue weighted by molar-refractivity contribution is 5.32. The minimum atomic E-state index is 0.486. The van der Waals surface area contributed by atoms with E-state index >= 15 is 0 Å². The van der Waals surface area contributed by atoms with Crippen molar-refractivity contribution in [3.05, 3.63) is 71.8 Å². The molecule has 0 radical (unpaired) electrons. The van der Waals surface area contributed by atoms with Crippen LogP contribution >= 0.6 is 0 Å². The molecule has 0 atom stereocenters. The molecule has 0 fully saturated rings. The van der Waals surface area contributed by atoms with Crippen LogP contribution in [0.3, 0.4) is 0 Å². The molecule has 0 saturated heterocycles. The fourth-order valence-corrected chi connectivity index (χ4v) is 2.10. The van der Waals surface area contributed by atoms with Crippen LogP contribution < -0.4 is 5.73 Å². The Balaban J connectivity index is 2.31. The highest BCUT2D eigenvalue weighted by Gasteiger charge is 2.12. The third-order valence-electron chi connectivity index (χ3n) is 2.90. The Morgan fingerprint density at radius 1 is 0.750 bits per heavy atom.